The molecule has 0 bridgehead atoms. The Labute approximate surface area is 185 Å². The summed E-state index contributed by atoms with van der Waals surface area (Å²) in [6.07, 6.45) is 0. The lowest BCUT2D eigenvalue weighted by atomic mass is 9.75. The molecule has 1 aromatic carbocycles. The highest BCUT2D eigenvalue weighted by atomic mass is 35.5. The zero-order chi connectivity index (χ0) is 22.1. The van der Waals surface area contributed by atoms with Gasteiger partial charge in [-0.15, -0.1) is 0 Å². The Hall–Kier alpha value is -2.34. The smallest absolute Gasteiger partial charge is 0.336 e. The summed E-state index contributed by atoms with van der Waals surface area (Å²) < 4.78 is 10.5. The third kappa shape index (κ3) is 5.63. The van der Waals surface area contributed by atoms with Gasteiger partial charge in [0.05, 0.1) is 24.5 Å². The van der Waals surface area contributed by atoms with Crippen molar-refractivity contribution >= 4 is 41.0 Å². The molecule has 0 spiro atoms. The Bertz CT molecular complexity index is 894. The zero-order valence-corrected chi connectivity index (χ0v) is 18.5. The SMILES string of the molecule is CCOC(=O)C1=C(CSCCN)N=C(C#N)C(C(=O)OCC)C1c1cccc(Cl)c1. The van der Waals surface area contributed by atoms with E-state index in [1.165, 1.54) is 11.8 Å². The molecule has 0 aromatic heterocycles. The standard InChI is InChI=1S/C21H24ClN3O4S/c1-3-28-20(26)18-15(11-24)25-16(12-30-9-8-23)19(21(27)29-4-2)17(18)13-6-5-7-14(22)10-13/h5-7,10,17-18H,3-4,8-9,12,23H2,1-2H3. The number of thioether (sulfide) groups is 1. The van der Waals surface area contributed by atoms with Crippen LogP contribution in [0, 0.1) is 17.2 Å². The Morgan fingerprint density at radius 2 is 2.03 bits per heavy atom. The largest absolute Gasteiger partial charge is 0.465 e. The summed E-state index contributed by atoms with van der Waals surface area (Å²) in [7, 11) is 0. The highest BCUT2D eigenvalue weighted by Crippen LogP contribution is 2.41. The van der Waals surface area contributed by atoms with Crippen LogP contribution in [0.2, 0.25) is 5.02 Å². The van der Waals surface area contributed by atoms with Crippen LogP contribution in [0.5, 0.6) is 0 Å². The van der Waals surface area contributed by atoms with Gasteiger partial charge in [0.25, 0.3) is 0 Å². The lowest BCUT2D eigenvalue weighted by Gasteiger charge is -2.31. The van der Waals surface area contributed by atoms with E-state index >= 15 is 0 Å². The van der Waals surface area contributed by atoms with E-state index in [0.717, 1.165) is 0 Å². The topological polar surface area (TPSA) is 115 Å². The average molecular weight is 450 g/mol. The lowest BCUT2D eigenvalue weighted by Crippen LogP contribution is -2.37. The summed E-state index contributed by atoms with van der Waals surface area (Å²) in [6, 6.07) is 8.86. The van der Waals surface area contributed by atoms with Crippen molar-refractivity contribution in [1.82, 2.24) is 0 Å². The molecular formula is C21H24ClN3O4S. The quantitative estimate of drug-likeness (QED) is 0.455. The number of aliphatic imine (C=N–C) groups is 1. The molecule has 0 aliphatic carbocycles. The van der Waals surface area contributed by atoms with Gasteiger partial charge >= 0.3 is 11.9 Å². The van der Waals surface area contributed by atoms with Gasteiger partial charge in [0.1, 0.15) is 17.7 Å². The van der Waals surface area contributed by atoms with Crippen LogP contribution in [0.4, 0.5) is 0 Å². The van der Waals surface area contributed by atoms with Crippen molar-refractivity contribution in [3.63, 3.8) is 0 Å². The number of rotatable bonds is 9. The minimum atomic E-state index is -1.07. The number of nitrogens with two attached hydrogens (primary N) is 1. The van der Waals surface area contributed by atoms with Gasteiger partial charge in [0.2, 0.25) is 0 Å². The first-order chi connectivity index (χ1) is 14.5. The number of nitriles is 1. The van der Waals surface area contributed by atoms with Gasteiger partial charge in [0.15, 0.2) is 0 Å². The van der Waals surface area contributed by atoms with E-state index < -0.39 is 23.8 Å². The van der Waals surface area contributed by atoms with Crippen LogP contribution < -0.4 is 5.73 Å². The van der Waals surface area contributed by atoms with Crippen LogP contribution in [0.15, 0.2) is 40.5 Å². The number of hydrogen-bond acceptors (Lipinski definition) is 8. The van der Waals surface area contributed by atoms with E-state index in [9.17, 15) is 14.9 Å². The Morgan fingerprint density at radius 1 is 1.30 bits per heavy atom. The van der Waals surface area contributed by atoms with E-state index in [1.807, 2.05) is 6.07 Å². The summed E-state index contributed by atoms with van der Waals surface area (Å²) in [4.78, 5) is 30.2. The second-order valence-corrected chi connectivity index (χ2v) is 7.83. The van der Waals surface area contributed by atoms with Crippen LogP contribution in [0.3, 0.4) is 0 Å². The minimum absolute atomic E-state index is 0.00479. The Balaban J connectivity index is 2.72. The Morgan fingerprint density at radius 3 is 2.63 bits per heavy atom. The summed E-state index contributed by atoms with van der Waals surface area (Å²) in [5.74, 6) is -2.08. The second-order valence-electron chi connectivity index (χ2n) is 6.29. The molecule has 2 N–H and O–H groups in total. The molecule has 0 amide bonds. The van der Waals surface area contributed by atoms with Crippen molar-refractivity contribution in [3.8, 4) is 6.07 Å². The molecule has 0 fully saturated rings. The number of esters is 2. The normalized spacial score (nSPS) is 18.4. The molecule has 0 radical (unpaired) electrons. The maximum atomic E-state index is 13.0. The lowest BCUT2D eigenvalue weighted by molar-refractivity contribution is -0.146. The first-order valence-corrected chi connectivity index (χ1v) is 11.1. The molecule has 30 heavy (non-hydrogen) atoms. The van der Waals surface area contributed by atoms with Crippen molar-refractivity contribution < 1.29 is 19.1 Å². The number of carbonyl (C=O) groups excluding carboxylic acids is 2. The highest BCUT2D eigenvalue weighted by Gasteiger charge is 2.44. The fraction of sp³-hybridized carbons (Fsp3) is 0.429. The summed E-state index contributed by atoms with van der Waals surface area (Å²) >= 11 is 7.67. The number of benzene rings is 1. The number of carbonyl (C=O) groups is 2. The molecule has 0 saturated carbocycles. The summed E-state index contributed by atoms with van der Waals surface area (Å²) in [6.45, 7) is 4.13. The first kappa shape index (κ1) is 23.9. The maximum Gasteiger partial charge on any atom is 0.336 e. The number of hydrogen-bond donors (Lipinski definition) is 1. The van der Waals surface area contributed by atoms with Crippen molar-refractivity contribution in [1.29, 1.82) is 5.26 Å². The summed E-state index contributed by atoms with van der Waals surface area (Å²) in [5.41, 5.74) is 6.81. The van der Waals surface area contributed by atoms with Crippen LogP contribution in [0.25, 0.3) is 0 Å². The van der Waals surface area contributed by atoms with E-state index in [1.54, 1.807) is 38.1 Å². The van der Waals surface area contributed by atoms with E-state index in [0.29, 0.717) is 34.3 Å². The average Bonchev–Trinajstić information content (AvgIpc) is 2.73. The molecule has 7 nitrogen and oxygen atoms in total. The third-order valence-corrected chi connectivity index (χ3v) is 5.60. The molecule has 9 heteroatoms. The van der Waals surface area contributed by atoms with Crippen LogP contribution in [-0.4, -0.2) is 48.9 Å². The fourth-order valence-electron chi connectivity index (χ4n) is 3.23. The molecule has 2 rings (SSSR count). The Kier molecular flexibility index (Phi) is 9.37. The van der Waals surface area contributed by atoms with Crippen LogP contribution >= 0.6 is 23.4 Å². The van der Waals surface area contributed by atoms with Crippen LogP contribution in [-0.2, 0) is 19.1 Å². The molecule has 2 unspecified atom stereocenters. The number of ether oxygens (including phenoxy) is 2. The number of halogens is 1. The van der Waals surface area contributed by atoms with Crippen LogP contribution in [0.1, 0.15) is 25.3 Å². The fourth-order valence-corrected chi connectivity index (χ4v) is 4.15. The molecule has 2 atom stereocenters. The van der Waals surface area contributed by atoms with Crippen molar-refractivity contribution in [2.45, 2.75) is 19.8 Å². The molecular weight excluding hydrogens is 426 g/mol. The van der Waals surface area contributed by atoms with E-state index in [4.69, 9.17) is 26.8 Å². The van der Waals surface area contributed by atoms with E-state index in [-0.39, 0.29) is 24.5 Å². The third-order valence-electron chi connectivity index (χ3n) is 4.36. The second kappa shape index (κ2) is 11.7. The predicted molar refractivity (Wildman–Crippen MR) is 117 cm³/mol. The minimum Gasteiger partial charge on any atom is -0.465 e. The highest BCUT2D eigenvalue weighted by molar-refractivity contribution is 7.99. The van der Waals surface area contributed by atoms with Gasteiger partial charge in [-0.05, 0) is 31.5 Å². The molecule has 1 aromatic rings. The van der Waals surface area contributed by atoms with Crippen molar-refractivity contribution in [2.75, 3.05) is 31.3 Å². The predicted octanol–water partition coefficient (Wildman–Crippen LogP) is 3.09. The molecule has 160 valence electrons. The maximum absolute atomic E-state index is 13.0. The monoisotopic (exact) mass is 449 g/mol. The molecule has 1 heterocycles. The van der Waals surface area contributed by atoms with E-state index in [2.05, 4.69) is 4.99 Å². The number of nitrogens with zero attached hydrogens (tertiary/aromatic N) is 2. The zero-order valence-electron chi connectivity index (χ0n) is 16.9. The summed E-state index contributed by atoms with van der Waals surface area (Å²) in [5, 5.41) is 10.2. The molecule has 0 saturated heterocycles. The van der Waals surface area contributed by atoms with Gasteiger partial charge in [-0.1, -0.05) is 23.7 Å². The van der Waals surface area contributed by atoms with Crippen molar-refractivity contribution in [2.24, 2.45) is 16.6 Å². The van der Waals surface area contributed by atoms with Gasteiger partial charge in [-0.3, -0.25) is 4.79 Å². The van der Waals surface area contributed by atoms with Gasteiger partial charge in [0, 0.05) is 29.0 Å². The van der Waals surface area contributed by atoms with Gasteiger partial charge in [-0.2, -0.15) is 17.0 Å². The molecule has 1 aliphatic heterocycles. The first-order valence-electron chi connectivity index (χ1n) is 9.57. The molecule has 1 aliphatic rings. The van der Waals surface area contributed by atoms with Gasteiger partial charge < -0.3 is 15.2 Å². The van der Waals surface area contributed by atoms with Gasteiger partial charge in [-0.25, -0.2) is 9.79 Å². The van der Waals surface area contributed by atoms with Crippen molar-refractivity contribution in [3.05, 3.63) is 46.1 Å².